The van der Waals surface area contributed by atoms with E-state index in [0.717, 1.165) is 44.1 Å². The highest BCUT2D eigenvalue weighted by molar-refractivity contribution is 7.70. The summed E-state index contributed by atoms with van der Waals surface area (Å²) in [5.41, 5.74) is 0.618. The van der Waals surface area contributed by atoms with Crippen molar-refractivity contribution in [2.75, 3.05) is 18.4 Å². The summed E-state index contributed by atoms with van der Waals surface area (Å²) in [5.74, 6) is -3.48. The number of aromatic nitrogens is 3. The number of benzene rings is 2. The second-order valence-electron chi connectivity index (χ2n) is 9.07. The molecule has 9 nitrogen and oxygen atoms in total. The van der Waals surface area contributed by atoms with E-state index in [9.17, 15) is 12.8 Å². The van der Waals surface area contributed by atoms with Gasteiger partial charge < -0.3 is 15.4 Å². The monoisotopic (exact) mass is 570 g/mol. The average Bonchev–Trinajstić information content (AvgIpc) is 2.95. The Kier molecular flexibility index (Phi) is 8.53. The largest absolute Gasteiger partial charge is 0.435 e. The second kappa shape index (κ2) is 12.4. The third-order valence-electron chi connectivity index (χ3n) is 6.34. The first kappa shape index (κ1) is 27.5. The van der Waals surface area contributed by atoms with Crippen LogP contribution in [0.25, 0.3) is 11.3 Å². The number of nitrogens with one attached hydrogen (secondary N) is 3. The zero-order valence-electron chi connectivity index (χ0n) is 21.0. The number of thiol groups is 1. The van der Waals surface area contributed by atoms with Crippen molar-refractivity contribution >= 4 is 16.8 Å². The van der Waals surface area contributed by atoms with Crippen LogP contribution >= 0.6 is 0 Å². The third-order valence-corrected chi connectivity index (χ3v) is 6.81. The summed E-state index contributed by atoms with van der Waals surface area (Å²) in [7, 11) is -3.23. The Morgan fingerprint density at radius 2 is 1.88 bits per heavy atom. The van der Waals surface area contributed by atoms with E-state index in [1.54, 1.807) is 24.4 Å². The molecule has 3 N–H and O–H groups in total. The fraction of sp³-hybridized carbons (Fsp3) is 0.222. The number of pyridine rings is 1. The Morgan fingerprint density at radius 3 is 2.65 bits per heavy atom. The first-order chi connectivity index (χ1) is 19.4. The van der Waals surface area contributed by atoms with Crippen LogP contribution < -0.4 is 20.1 Å². The van der Waals surface area contributed by atoms with Crippen LogP contribution in [0, 0.1) is 17.5 Å². The van der Waals surface area contributed by atoms with Crippen molar-refractivity contribution in [3.8, 4) is 22.9 Å². The molecule has 2 aromatic carbocycles. The van der Waals surface area contributed by atoms with Crippen molar-refractivity contribution < 1.29 is 26.3 Å². The summed E-state index contributed by atoms with van der Waals surface area (Å²) >= 11 is 0. The molecule has 4 aromatic rings. The maximum atomic E-state index is 15.3. The zero-order valence-corrected chi connectivity index (χ0v) is 21.9. The van der Waals surface area contributed by atoms with Gasteiger partial charge in [-0.05, 0) is 61.3 Å². The van der Waals surface area contributed by atoms with E-state index in [0.29, 0.717) is 17.2 Å². The van der Waals surface area contributed by atoms with Crippen LogP contribution in [0.2, 0.25) is 0 Å². The number of hydrogen-bond donors (Lipinski definition) is 4. The Bertz CT molecular complexity index is 1580. The molecule has 40 heavy (non-hydrogen) atoms. The number of piperidine rings is 1. The predicted molar refractivity (Wildman–Crippen MR) is 143 cm³/mol. The maximum Gasteiger partial charge on any atom is 0.228 e. The van der Waals surface area contributed by atoms with Gasteiger partial charge in [-0.1, -0.05) is 18.2 Å². The molecule has 1 aliphatic heterocycles. The molecule has 2 aromatic heterocycles. The van der Waals surface area contributed by atoms with E-state index < -0.39 is 40.1 Å². The van der Waals surface area contributed by atoms with Crippen LogP contribution in [0.1, 0.15) is 30.0 Å². The summed E-state index contributed by atoms with van der Waals surface area (Å²) in [6.45, 7) is 1.75. The highest BCUT2D eigenvalue weighted by Gasteiger charge is 2.25. The first-order valence-electron chi connectivity index (χ1n) is 12.5. The summed E-state index contributed by atoms with van der Waals surface area (Å²) in [5, 5.41) is 6.61. The highest BCUT2D eigenvalue weighted by Crippen LogP contribution is 2.35. The molecule has 1 saturated heterocycles. The Hall–Kier alpha value is -4.07. The van der Waals surface area contributed by atoms with Crippen LogP contribution in [0.3, 0.4) is 0 Å². The molecule has 0 saturated carbocycles. The third kappa shape index (κ3) is 6.38. The smallest absolute Gasteiger partial charge is 0.228 e. The number of ether oxygens (including phenoxy) is 1. The van der Waals surface area contributed by atoms with E-state index in [2.05, 4.69) is 30.3 Å². The summed E-state index contributed by atoms with van der Waals surface area (Å²) in [6.07, 6.45) is 5.02. The van der Waals surface area contributed by atoms with Crippen molar-refractivity contribution in [3.05, 3.63) is 95.6 Å². The van der Waals surface area contributed by atoms with Crippen LogP contribution in [-0.4, -0.2) is 42.5 Å². The van der Waals surface area contributed by atoms with Gasteiger partial charge in [0.2, 0.25) is 28.5 Å². The molecule has 0 unspecified atom stereocenters. The fourth-order valence-corrected chi connectivity index (χ4v) is 4.97. The van der Waals surface area contributed by atoms with Gasteiger partial charge >= 0.3 is 0 Å². The van der Waals surface area contributed by atoms with Crippen molar-refractivity contribution in [1.82, 2.24) is 25.0 Å². The first-order valence-corrected chi connectivity index (χ1v) is 13.6. The second-order valence-corrected chi connectivity index (χ2v) is 9.84. The van der Waals surface area contributed by atoms with Gasteiger partial charge in [0.25, 0.3) is 0 Å². The minimum atomic E-state index is -3.23. The van der Waals surface area contributed by atoms with Crippen molar-refractivity contribution in [2.45, 2.75) is 24.9 Å². The summed E-state index contributed by atoms with van der Waals surface area (Å²) in [6, 6.07) is 11.0. The minimum Gasteiger partial charge on any atom is -0.435 e. The van der Waals surface area contributed by atoms with Crippen LogP contribution in [0.15, 0.2) is 67.0 Å². The molecule has 5 rings (SSSR count). The van der Waals surface area contributed by atoms with Crippen LogP contribution in [0.4, 0.5) is 19.1 Å². The molecular weight excluding hydrogens is 545 g/mol. The molecule has 2 atom stereocenters. The number of halogens is 3. The van der Waals surface area contributed by atoms with E-state index in [-0.39, 0.29) is 23.0 Å². The van der Waals surface area contributed by atoms with Gasteiger partial charge in [-0.2, -0.15) is 4.39 Å². The SMILES string of the molecule is O=[SH](=O)N[C@@H](c1cccc(F)c1)c1ccc(Oc2ncccc2-c2ccnc(N[C@H]3CCCNC3)n2)c(F)c1F. The van der Waals surface area contributed by atoms with Gasteiger partial charge in [0.15, 0.2) is 11.6 Å². The fourth-order valence-electron chi connectivity index (χ4n) is 4.47. The molecule has 208 valence electrons. The van der Waals surface area contributed by atoms with Gasteiger partial charge in [-0.3, -0.25) is 0 Å². The molecule has 0 radical (unpaired) electrons. The Balaban J connectivity index is 1.44. The number of anilines is 1. The average molecular weight is 571 g/mol. The number of nitrogens with zero attached hydrogens (tertiary/aromatic N) is 3. The Labute approximate surface area is 229 Å². The van der Waals surface area contributed by atoms with Crippen molar-refractivity contribution in [3.63, 3.8) is 0 Å². The van der Waals surface area contributed by atoms with Crippen LogP contribution in [-0.2, 0) is 10.9 Å². The van der Waals surface area contributed by atoms with Crippen molar-refractivity contribution in [1.29, 1.82) is 0 Å². The molecule has 13 heteroatoms. The molecule has 1 aliphatic rings. The highest BCUT2D eigenvalue weighted by atomic mass is 32.2. The van der Waals surface area contributed by atoms with E-state index in [1.165, 1.54) is 24.4 Å². The standard InChI is InChI=1S/C27H25F3N6O3S/c28-17-5-1-4-16(14-17)25(36-40(37)38)20-8-9-22(24(30)23(20)29)39-26-19(7-3-12-32-26)21-10-13-33-27(35-21)34-18-6-2-11-31-15-18/h1,3-5,7-10,12-14,18,25,31,40H,2,6,11,15H2,(H,33,34,35)(H,36,37,38)/t18-,25-/m0/s1. The van der Waals surface area contributed by atoms with E-state index >= 15 is 8.78 Å². The maximum absolute atomic E-state index is 15.3. The van der Waals surface area contributed by atoms with Gasteiger partial charge in [0.05, 0.1) is 17.3 Å². The Morgan fingerprint density at radius 1 is 1.00 bits per heavy atom. The lowest BCUT2D eigenvalue weighted by Crippen LogP contribution is -2.38. The molecule has 0 spiro atoms. The summed E-state index contributed by atoms with van der Waals surface area (Å²) in [4.78, 5) is 13.0. The lowest BCUT2D eigenvalue weighted by molar-refractivity contribution is 0.402. The molecule has 0 bridgehead atoms. The van der Waals surface area contributed by atoms with Crippen LogP contribution in [0.5, 0.6) is 11.6 Å². The molecule has 1 fully saturated rings. The minimum absolute atomic E-state index is 0.0278. The number of rotatable bonds is 9. The molecule has 3 heterocycles. The molecule has 0 aliphatic carbocycles. The van der Waals surface area contributed by atoms with Gasteiger partial charge in [-0.15, -0.1) is 0 Å². The number of hydrogen-bond acceptors (Lipinski definition) is 8. The lowest BCUT2D eigenvalue weighted by Gasteiger charge is -2.23. The van der Waals surface area contributed by atoms with E-state index in [4.69, 9.17) is 4.74 Å². The zero-order chi connectivity index (χ0) is 28.1. The van der Waals surface area contributed by atoms with E-state index in [1.807, 2.05) is 0 Å². The normalized spacial score (nSPS) is 16.1. The van der Waals surface area contributed by atoms with Crippen molar-refractivity contribution in [2.24, 2.45) is 0 Å². The predicted octanol–water partition coefficient (Wildman–Crippen LogP) is 4.12. The van der Waals surface area contributed by atoms with Gasteiger partial charge in [0, 0.05) is 30.5 Å². The van der Waals surface area contributed by atoms with Gasteiger partial charge in [0.1, 0.15) is 5.82 Å². The van der Waals surface area contributed by atoms with Gasteiger partial charge in [-0.25, -0.2) is 36.9 Å². The molecule has 0 amide bonds. The topological polar surface area (TPSA) is 118 Å². The summed E-state index contributed by atoms with van der Waals surface area (Å²) < 4.78 is 75.1. The lowest BCUT2D eigenvalue weighted by atomic mass is 9.98. The quantitative estimate of drug-likeness (QED) is 0.222. The molecular formula is C27H25F3N6O3S.